The van der Waals surface area contributed by atoms with Gasteiger partial charge in [-0.05, 0) is 0 Å². The van der Waals surface area contributed by atoms with Gasteiger partial charge in [-0.2, -0.15) is 0 Å². The molecule has 180 valence electrons. The van der Waals surface area contributed by atoms with E-state index in [4.69, 9.17) is 19.0 Å². The number of ether oxygens (including phenoxy) is 3. The molecule has 15 nitrogen and oxygen atoms in total. The van der Waals surface area contributed by atoms with E-state index in [9.17, 15) is 45.3 Å². The monoisotopic (exact) mass is 456 g/mol. The van der Waals surface area contributed by atoms with Crippen molar-refractivity contribution in [1.82, 2.24) is 10.8 Å². The minimum absolute atomic E-state index is 0.655. The number of hydrogen-bond donors (Lipinski definition) is 9. The molecule has 11 atom stereocenters. The van der Waals surface area contributed by atoms with Gasteiger partial charge in [0.15, 0.2) is 18.8 Å². The number of nitrogens with one attached hydrogen (secondary N) is 2. The first-order valence-electron chi connectivity index (χ1n) is 9.32. The topological polar surface area (TPSA) is 237 Å². The van der Waals surface area contributed by atoms with Gasteiger partial charge in [0.05, 0.1) is 6.61 Å². The SMILES string of the molecule is CC(=O)NOC(NC(C)=O)[C@H]1O[C@@H](O[C@H]2[C@H](O)[C@@H](O)[C@@H](O)O[C@@H]2CO)[C@H](O)[C@@H](O)[C@H]1O. The summed E-state index contributed by atoms with van der Waals surface area (Å²) < 4.78 is 15.8. The quantitative estimate of drug-likeness (QED) is 0.128. The van der Waals surface area contributed by atoms with Crippen LogP contribution in [0, 0.1) is 0 Å². The molecule has 2 fully saturated rings. The van der Waals surface area contributed by atoms with E-state index in [0.717, 1.165) is 13.8 Å². The van der Waals surface area contributed by atoms with Crippen LogP contribution < -0.4 is 10.8 Å². The van der Waals surface area contributed by atoms with Crippen LogP contribution in [0.1, 0.15) is 13.8 Å². The normalized spacial score (nSPS) is 42.0. The molecule has 2 amide bonds. The molecule has 2 heterocycles. The summed E-state index contributed by atoms with van der Waals surface area (Å²) in [6.45, 7) is 1.45. The van der Waals surface area contributed by atoms with Gasteiger partial charge in [-0.3, -0.25) is 9.59 Å². The van der Waals surface area contributed by atoms with Crippen LogP contribution in [0.4, 0.5) is 0 Å². The highest BCUT2D eigenvalue weighted by Gasteiger charge is 2.52. The molecule has 0 aromatic carbocycles. The molecule has 0 saturated carbocycles. The Bertz CT molecular complexity index is 622. The van der Waals surface area contributed by atoms with E-state index in [1.807, 2.05) is 5.48 Å². The Hall–Kier alpha value is -1.50. The van der Waals surface area contributed by atoms with Gasteiger partial charge < -0.3 is 55.3 Å². The Balaban J connectivity index is 2.22. The third-order valence-electron chi connectivity index (χ3n) is 4.71. The first-order valence-corrected chi connectivity index (χ1v) is 9.32. The van der Waals surface area contributed by atoms with Gasteiger partial charge in [-0.25, -0.2) is 10.3 Å². The Morgan fingerprint density at radius 1 is 0.903 bits per heavy atom. The van der Waals surface area contributed by atoms with Gasteiger partial charge in [0.25, 0.3) is 0 Å². The van der Waals surface area contributed by atoms with Gasteiger partial charge in [0, 0.05) is 13.8 Å². The van der Waals surface area contributed by atoms with Crippen LogP contribution in [0.15, 0.2) is 0 Å². The molecule has 0 bridgehead atoms. The number of hydrogen-bond acceptors (Lipinski definition) is 13. The summed E-state index contributed by atoms with van der Waals surface area (Å²) in [6.07, 6.45) is -18.9. The molecule has 1 unspecified atom stereocenters. The van der Waals surface area contributed by atoms with Crippen LogP contribution in [0.5, 0.6) is 0 Å². The Kier molecular flexibility index (Phi) is 9.04. The molecule has 2 aliphatic rings. The van der Waals surface area contributed by atoms with E-state index in [1.54, 1.807) is 0 Å². The number of carbonyl (C=O) groups is 2. The number of hydroxylamine groups is 1. The van der Waals surface area contributed by atoms with Crippen molar-refractivity contribution in [2.45, 2.75) is 81.5 Å². The van der Waals surface area contributed by atoms with Crippen molar-refractivity contribution >= 4 is 11.8 Å². The van der Waals surface area contributed by atoms with Crippen molar-refractivity contribution < 1.29 is 64.4 Å². The van der Waals surface area contributed by atoms with E-state index in [0.29, 0.717) is 0 Å². The largest absolute Gasteiger partial charge is 0.394 e. The fraction of sp³-hybridized carbons (Fsp3) is 0.875. The molecule has 15 heteroatoms. The molecule has 0 aromatic heterocycles. The van der Waals surface area contributed by atoms with Crippen LogP contribution in [-0.4, -0.2) is 122 Å². The summed E-state index contributed by atoms with van der Waals surface area (Å²) in [5, 5.41) is 71.9. The Morgan fingerprint density at radius 3 is 2.10 bits per heavy atom. The fourth-order valence-electron chi connectivity index (χ4n) is 3.15. The number of aliphatic hydroxyl groups excluding tert-OH is 7. The lowest BCUT2D eigenvalue weighted by Gasteiger charge is -2.46. The third kappa shape index (κ3) is 6.05. The second-order valence-corrected chi connectivity index (χ2v) is 7.17. The second kappa shape index (κ2) is 10.9. The molecule has 2 rings (SSSR count). The number of rotatable bonds is 7. The number of amides is 2. The minimum Gasteiger partial charge on any atom is -0.394 e. The highest BCUT2D eigenvalue weighted by atomic mass is 16.7. The predicted octanol–water partition coefficient (Wildman–Crippen LogP) is -5.86. The van der Waals surface area contributed by atoms with E-state index in [2.05, 4.69) is 5.32 Å². The summed E-state index contributed by atoms with van der Waals surface area (Å²) in [5.74, 6) is -1.31. The highest BCUT2D eigenvalue weighted by Crippen LogP contribution is 2.29. The molecule has 0 aliphatic carbocycles. The molecule has 2 saturated heterocycles. The molecular formula is C16H28N2O13. The maximum absolute atomic E-state index is 11.5. The van der Waals surface area contributed by atoms with Gasteiger partial charge in [-0.15, -0.1) is 0 Å². The van der Waals surface area contributed by atoms with Gasteiger partial charge in [0.1, 0.15) is 48.8 Å². The first kappa shape index (κ1) is 25.8. The molecule has 0 radical (unpaired) electrons. The molecule has 0 spiro atoms. The average molecular weight is 456 g/mol. The van der Waals surface area contributed by atoms with Gasteiger partial charge in [0.2, 0.25) is 11.8 Å². The smallest absolute Gasteiger partial charge is 0.240 e. The Morgan fingerprint density at radius 2 is 1.55 bits per heavy atom. The predicted molar refractivity (Wildman–Crippen MR) is 94.0 cm³/mol. The lowest BCUT2D eigenvalue weighted by Crippen LogP contribution is -2.67. The lowest BCUT2D eigenvalue weighted by atomic mass is 9.96. The van der Waals surface area contributed by atoms with E-state index in [1.165, 1.54) is 0 Å². The van der Waals surface area contributed by atoms with Crippen LogP contribution in [-0.2, 0) is 28.6 Å². The highest BCUT2D eigenvalue weighted by molar-refractivity contribution is 5.73. The van der Waals surface area contributed by atoms with Crippen molar-refractivity contribution in [2.24, 2.45) is 0 Å². The molecule has 0 aromatic rings. The summed E-state index contributed by atoms with van der Waals surface area (Å²) in [4.78, 5) is 27.6. The molecule has 2 aliphatic heterocycles. The van der Waals surface area contributed by atoms with Crippen molar-refractivity contribution in [3.05, 3.63) is 0 Å². The standard InChI is InChI=1S/C16H28N2O13/c1-4(20)17-14(31-18-5(2)21)13-8(23)7(22)11(26)16(30-13)29-12-6(3-19)28-15(27)10(25)9(12)24/h6-16,19,22-27H,3H2,1-2H3,(H,17,20)(H,18,21)/t6-,7+,8-,9-,10-,11-,12-,13+,14?,15+,16-/m1/s1. The van der Waals surface area contributed by atoms with Crippen LogP contribution in [0.3, 0.4) is 0 Å². The van der Waals surface area contributed by atoms with Crippen LogP contribution in [0.25, 0.3) is 0 Å². The molecule has 31 heavy (non-hydrogen) atoms. The summed E-state index contributed by atoms with van der Waals surface area (Å²) >= 11 is 0. The zero-order valence-electron chi connectivity index (χ0n) is 16.6. The average Bonchev–Trinajstić information content (AvgIpc) is 2.71. The van der Waals surface area contributed by atoms with Crippen LogP contribution in [0.2, 0.25) is 0 Å². The van der Waals surface area contributed by atoms with E-state index in [-0.39, 0.29) is 0 Å². The van der Waals surface area contributed by atoms with E-state index >= 15 is 0 Å². The van der Waals surface area contributed by atoms with Crippen molar-refractivity contribution in [1.29, 1.82) is 0 Å². The fourth-order valence-corrected chi connectivity index (χ4v) is 3.15. The Labute approximate surface area is 176 Å². The summed E-state index contributed by atoms with van der Waals surface area (Å²) in [6, 6.07) is 0. The van der Waals surface area contributed by atoms with Crippen molar-refractivity contribution in [3.63, 3.8) is 0 Å². The molecular weight excluding hydrogens is 428 g/mol. The lowest BCUT2D eigenvalue weighted by molar-refractivity contribution is -0.362. The summed E-state index contributed by atoms with van der Waals surface area (Å²) in [7, 11) is 0. The van der Waals surface area contributed by atoms with Crippen molar-refractivity contribution in [3.8, 4) is 0 Å². The van der Waals surface area contributed by atoms with Crippen LogP contribution >= 0.6 is 0 Å². The maximum Gasteiger partial charge on any atom is 0.240 e. The zero-order valence-corrected chi connectivity index (χ0v) is 16.6. The van der Waals surface area contributed by atoms with Crippen molar-refractivity contribution in [2.75, 3.05) is 6.61 Å². The number of aliphatic hydroxyl groups is 7. The second-order valence-electron chi connectivity index (χ2n) is 7.17. The molecule has 9 N–H and O–H groups in total. The first-order chi connectivity index (χ1) is 14.5. The zero-order chi connectivity index (χ0) is 23.5. The number of carbonyl (C=O) groups excluding carboxylic acids is 2. The third-order valence-corrected chi connectivity index (χ3v) is 4.71. The summed E-state index contributed by atoms with van der Waals surface area (Å²) in [5.41, 5.74) is 1.94. The van der Waals surface area contributed by atoms with Gasteiger partial charge >= 0.3 is 0 Å². The maximum atomic E-state index is 11.5. The minimum atomic E-state index is -1.90. The van der Waals surface area contributed by atoms with Gasteiger partial charge in [-0.1, -0.05) is 0 Å². The van der Waals surface area contributed by atoms with E-state index < -0.39 is 86.1 Å².